The lowest BCUT2D eigenvalue weighted by Gasteiger charge is -2.31. The largest absolute Gasteiger partial charge is 0.348 e. The first-order chi connectivity index (χ1) is 5.31. The van der Waals surface area contributed by atoms with E-state index in [0.717, 1.165) is 44.5 Å². The lowest BCUT2D eigenvalue weighted by molar-refractivity contribution is -0.171. The van der Waals surface area contributed by atoms with Crippen molar-refractivity contribution in [1.29, 1.82) is 0 Å². The number of allylic oxidation sites excluding steroid dienone is 1. The molecule has 0 atom stereocenters. The van der Waals surface area contributed by atoms with Crippen molar-refractivity contribution < 1.29 is 9.47 Å². The minimum atomic E-state index is -0.247. The van der Waals surface area contributed by atoms with Gasteiger partial charge in [0.05, 0.1) is 13.2 Å². The summed E-state index contributed by atoms with van der Waals surface area (Å²) >= 11 is 0. The molecule has 0 N–H and O–H groups in total. The number of hydrogen-bond donors (Lipinski definition) is 0. The Bertz CT molecular complexity index is 156. The first-order valence-electron chi connectivity index (χ1n) is 4.19. The van der Waals surface area contributed by atoms with Crippen molar-refractivity contribution >= 4 is 0 Å². The van der Waals surface area contributed by atoms with Crippen molar-refractivity contribution in [2.45, 2.75) is 31.5 Å². The molecule has 2 fully saturated rings. The van der Waals surface area contributed by atoms with Crippen LogP contribution < -0.4 is 0 Å². The third-order valence-corrected chi connectivity index (χ3v) is 2.47. The Hall–Kier alpha value is -0.340. The molecule has 11 heavy (non-hydrogen) atoms. The molecule has 61 valence electrons. The predicted octanol–water partition coefficient (Wildman–Crippen LogP) is 1.66. The zero-order valence-electron chi connectivity index (χ0n) is 6.64. The molecule has 1 aliphatic carbocycles. The maximum atomic E-state index is 5.69. The van der Waals surface area contributed by atoms with Gasteiger partial charge in [-0.15, -0.1) is 0 Å². The van der Waals surface area contributed by atoms with Crippen LogP contribution in [0.2, 0.25) is 0 Å². The van der Waals surface area contributed by atoms with Gasteiger partial charge in [-0.3, -0.25) is 0 Å². The first-order valence-corrected chi connectivity index (χ1v) is 4.19. The summed E-state index contributed by atoms with van der Waals surface area (Å²) < 4.78 is 11.1. The molecule has 2 heteroatoms. The predicted molar refractivity (Wildman–Crippen MR) is 40.9 cm³/mol. The Morgan fingerprint density at radius 3 is 2.18 bits per heavy atom. The van der Waals surface area contributed by atoms with Gasteiger partial charge in [-0.25, -0.2) is 0 Å². The average Bonchev–Trinajstić information content (AvgIpc) is 2.45. The van der Waals surface area contributed by atoms with Gasteiger partial charge in [0, 0.05) is 12.8 Å². The molecule has 1 saturated carbocycles. The summed E-state index contributed by atoms with van der Waals surface area (Å²) in [7, 11) is 0. The van der Waals surface area contributed by atoms with Crippen LogP contribution in [0.25, 0.3) is 0 Å². The van der Waals surface area contributed by atoms with E-state index < -0.39 is 0 Å². The van der Waals surface area contributed by atoms with Crippen LogP contribution in [-0.2, 0) is 9.47 Å². The van der Waals surface area contributed by atoms with E-state index in [0.29, 0.717) is 0 Å². The standard InChI is InChI=1S/C9H13O2/c1-8-2-4-9(5-3-8)10-6-7-11-9/h1H,2-7H2. The number of ether oxygens (including phenoxy) is 2. The van der Waals surface area contributed by atoms with Gasteiger partial charge in [-0.05, 0) is 12.8 Å². The number of hydrogen-bond acceptors (Lipinski definition) is 2. The van der Waals surface area contributed by atoms with E-state index in [1.54, 1.807) is 0 Å². The van der Waals surface area contributed by atoms with Crippen LogP contribution in [0.3, 0.4) is 0 Å². The second kappa shape index (κ2) is 2.61. The second-order valence-electron chi connectivity index (χ2n) is 3.27. The summed E-state index contributed by atoms with van der Waals surface area (Å²) in [5.74, 6) is -0.247. The summed E-state index contributed by atoms with van der Waals surface area (Å²) in [6, 6.07) is 0. The SMILES string of the molecule is [CH]=C1CCC2(CC1)OCCO2. The van der Waals surface area contributed by atoms with Crippen LogP contribution in [-0.4, -0.2) is 19.0 Å². The third kappa shape index (κ3) is 1.33. The van der Waals surface area contributed by atoms with Crippen LogP contribution in [0, 0.1) is 6.58 Å². The monoisotopic (exact) mass is 153 g/mol. The fourth-order valence-electron chi connectivity index (χ4n) is 1.74. The van der Waals surface area contributed by atoms with E-state index in [-0.39, 0.29) is 5.79 Å². The fraction of sp³-hybridized carbons (Fsp3) is 0.778. The summed E-state index contributed by atoms with van der Waals surface area (Å²) in [4.78, 5) is 0. The molecule has 1 spiro atoms. The van der Waals surface area contributed by atoms with Gasteiger partial charge in [0.25, 0.3) is 0 Å². The van der Waals surface area contributed by atoms with Crippen LogP contribution in [0.4, 0.5) is 0 Å². The quantitative estimate of drug-likeness (QED) is 0.527. The second-order valence-corrected chi connectivity index (χ2v) is 3.27. The normalized spacial score (nSPS) is 29.6. The molecule has 0 amide bonds. The minimum absolute atomic E-state index is 0.247. The summed E-state index contributed by atoms with van der Waals surface area (Å²) in [5, 5.41) is 0. The van der Waals surface area contributed by atoms with Gasteiger partial charge in [-0.1, -0.05) is 12.2 Å². The third-order valence-electron chi connectivity index (χ3n) is 2.47. The molecule has 1 radical (unpaired) electrons. The zero-order valence-corrected chi connectivity index (χ0v) is 6.64. The molecular formula is C9H13O2. The summed E-state index contributed by atoms with van der Waals surface area (Å²) in [5.41, 5.74) is 1.09. The molecular weight excluding hydrogens is 140 g/mol. The van der Waals surface area contributed by atoms with Crippen molar-refractivity contribution in [3.8, 4) is 0 Å². The Kier molecular flexibility index (Phi) is 1.74. The van der Waals surface area contributed by atoms with Crippen molar-refractivity contribution in [3.05, 3.63) is 12.2 Å². The maximum Gasteiger partial charge on any atom is 0.169 e. The van der Waals surface area contributed by atoms with Gasteiger partial charge in [0.1, 0.15) is 0 Å². The van der Waals surface area contributed by atoms with Gasteiger partial charge in [0.15, 0.2) is 5.79 Å². The molecule has 0 aromatic heterocycles. The van der Waals surface area contributed by atoms with Gasteiger partial charge in [-0.2, -0.15) is 0 Å². The highest BCUT2D eigenvalue weighted by Crippen LogP contribution is 2.36. The van der Waals surface area contributed by atoms with Gasteiger partial charge < -0.3 is 9.47 Å². The lowest BCUT2D eigenvalue weighted by Crippen LogP contribution is -2.32. The Labute approximate surface area is 67.2 Å². The number of rotatable bonds is 0. The average molecular weight is 153 g/mol. The molecule has 0 aromatic carbocycles. The molecule has 2 nitrogen and oxygen atoms in total. The van der Waals surface area contributed by atoms with Crippen molar-refractivity contribution in [3.63, 3.8) is 0 Å². The molecule has 1 aliphatic heterocycles. The van der Waals surface area contributed by atoms with E-state index in [1.165, 1.54) is 0 Å². The molecule has 0 unspecified atom stereocenters. The van der Waals surface area contributed by atoms with E-state index in [9.17, 15) is 0 Å². The van der Waals surface area contributed by atoms with Crippen molar-refractivity contribution in [2.24, 2.45) is 0 Å². The van der Waals surface area contributed by atoms with Gasteiger partial charge >= 0.3 is 0 Å². The molecule has 2 rings (SSSR count). The van der Waals surface area contributed by atoms with Crippen molar-refractivity contribution in [2.75, 3.05) is 13.2 Å². The molecule has 2 aliphatic rings. The molecule has 0 aromatic rings. The minimum Gasteiger partial charge on any atom is -0.348 e. The Balaban J connectivity index is 1.99. The van der Waals surface area contributed by atoms with E-state index >= 15 is 0 Å². The molecule has 1 heterocycles. The summed E-state index contributed by atoms with van der Waals surface area (Å²) in [6.07, 6.45) is 3.80. The highest BCUT2D eigenvalue weighted by molar-refractivity contribution is 4.99. The van der Waals surface area contributed by atoms with Crippen LogP contribution in [0.5, 0.6) is 0 Å². The van der Waals surface area contributed by atoms with Crippen LogP contribution in [0.15, 0.2) is 5.57 Å². The first kappa shape index (κ1) is 7.32. The van der Waals surface area contributed by atoms with Crippen LogP contribution >= 0.6 is 0 Å². The molecule has 0 bridgehead atoms. The maximum absolute atomic E-state index is 5.69. The van der Waals surface area contributed by atoms with E-state index in [4.69, 9.17) is 16.1 Å². The lowest BCUT2D eigenvalue weighted by atomic mass is 9.91. The smallest absolute Gasteiger partial charge is 0.169 e. The highest BCUT2D eigenvalue weighted by atomic mass is 16.7. The zero-order chi connectivity index (χ0) is 7.73. The molecule has 1 saturated heterocycles. The fourth-order valence-corrected chi connectivity index (χ4v) is 1.74. The van der Waals surface area contributed by atoms with E-state index in [2.05, 4.69) is 0 Å². The van der Waals surface area contributed by atoms with Crippen LogP contribution in [0.1, 0.15) is 25.7 Å². The highest BCUT2D eigenvalue weighted by Gasteiger charge is 2.38. The Morgan fingerprint density at radius 2 is 1.64 bits per heavy atom. The topological polar surface area (TPSA) is 18.5 Å². The Morgan fingerprint density at radius 1 is 1.09 bits per heavy atom. The van der Waals surface area contributed by atoms with Gasteiger partial charge in [0.2, 0.25) is 0 Å². The van der Waals surface area contributed by atoms with E-state index in [1.807, 2.05) is 0 Å². The van der Waals surface area contributed by atoms with Crippen molar-refractivity contribution in [1.82, 2.24) is 0 Å². The summed E-state index contributed by atoms with van der Waals surface area (Å²) in [6.45, 7) is 7.19.